The summed E-state index contributed by atoms with van der Waals surface area (Å²) in [7, 11) is 0. The molecule has 4 amide bonds. The molecule has 0 aromatic heterocycles. The lowest BCUT2D eigenvalue weighted by Crippen LogP contribution is -2.69. The Morgan fingerprint density at radius 3 is 1.89 bits per heavy atom. The van der Waals surface area contributed by atoms with Crippen LogP contribution in [0.3, 0.4) is 0 Å². The zero-order chi connectivity index (χ0) is 27.0. The number of hydrogen-bond donors (Lipinski definition) is 3. The van der Waals surface area contributed by atoms with Crippen LogP contribution < -0.4 is 16.4 Å². The zero-order valence-corrected chi connectivity index (χ0v) is 22.8. The van der Waals surface area contributed by atoms with Crippen molar-refractivity contribution in [2.45, 2.75) is 85.2 Å². The number of amides is 4. The third-order valence-corrected chi connectivity index (χ3v) is 7.55. The summed E-state index contributed by atoms with van der Waals surface area (Å²) in [6, 6.07) is 7.47. The lowest BCUT2D eigenvalue weighted by molar-refractivity contribution is -0.378. The van der Waals surface area contributed by atoms with Gasteiger partial charge in [-0.05, 0) is 64.7 Å². The molecule has 1 aromatic carbocycles. The van der Waals surface area contributed by atoms with Crippen molar-refractivity contribution in [1.82, 2.24) is 15.5 Å². The van der Waals surface area contributed by atoms with Gasteiger partial charge in [0.2, 0.25) is 17.7 Å². The smallest absolute Gasteiger partial charge is 0.251 e. The van der Waals surface area contributed by atoms with Crippen molar-refractivity contribution in [3.63, 3.8) is 0 Å². The van der Waals surface area contributed by atoms with Crippen LogP contribution in [-0.2, 0) is 19.8 Å². The first-order chi connectivity index (χ1) is 15.8. The van der Waals surface area contributed by atoms with Crippen molar-refractivity contribution in [3.8, 4) is 0 Å². The predicted octanol–water partition coefficient (Wildman–Crippen LogP) is 2.03. The summed E-state index contributed by atoms with van der Waals surface area (Å²) in [5, 5.41) is 5.99. The molecule has 194 valence electrons. The van der Waals surface area contributed by atoms with Crippen LogP contribution in [0, 0.1) is 11.3 Å². The van der Waals surface area contributed by atoms with Crippen LogP contribution in [0.15, 0.2) is 24.3 Å². The van der Waals surface area contributed by atoms with Gasteiger partial charge in [0.25, 0.3) is 5.91 Å². The second-order valence-electron chi connectivity index (χ2n) is 12.2. The summed E-state index contributed by atoms with van der Waals surface area (Å²) in [6.07, 6.45) is 0.366. The van der Waals surface area contributed by atoms with E-state index in [0.717, 1.165) is 5.56 Å². The standard InChI is InChI=1S/C27H42N4O4/c1-24(2,3)18-12-10-17(11-13-18)21(33)29-26(6,7)19(16-28)22(34)30-27(8,9)25(4,5)23(35)31-15-14-20(31)32/h10-13,19H,14-16,28H2,1-9H3,(H,29,33)(H,30,34)/p+1/t19-/m1/s1. The minimum Gasteiger partial charge on any atom is -0.357 e. The zero-order valence-electron chi connectivity index (χ0n) is 22.8. The fourth-order valence-corrected chi connectivity index (χ4v) is 4.08. The number of nitrogens with zero attached hydrogens (tertiary/aromatic N) is 1. The molecule has 0 unspecified atom stereocenters. The van der Waals surface area contributed by atoms with Crippen LogP contribution in [0.2, 0.25) is 0 Å². The maximum Gasteiger partial charge on any atom is 0.251 e. The van der Waals surface area contributed by atoms with Gasteiger partial charge in [-0.25, -0.2) is 0 Å². The van der Waals surface area contributed by atoms with Crippen LogP contribution in [0.25, 0.3) is 0 Å². The highest BCUT2D eigenvalue weighted by molar-refractivity contribution is 6.02. The van der Waals surface area contributed by atoms with Crippen LogP contribution >= 0.6 is 0 Å². The van der Waals surface area contributed by atoms with Crippen molar-refractivity contribution in [2.75, 3.05) is 13.1 Å². The first-order valence-electron chi connectivity index (χ1n) is 12.2. The van der Waals surface area contributed by atoms with Crippen molar-refractivity contribution in [3.05, 3.63) is 35.4 Å². The van der Waals surface area contributed by atoms with Crippen molar-refractivity contribution >= 4 is 23.6 Å². The summed E-state index contributed by atoms with van der Waals surface area (Å²) in [4.78, 5) is 52.4. The number of nitrogens with one attached hydrogen (secondary N) is 2. The Hall–Kier alpha value is -2.74. The summed E-state index contributed by atoms with van der Waals surface area (Å²) >= 11 is 0. The van der Waals surface area contributed by atoms with Gasteiger partial charge in [-0.2, -0.15) is 0 Å². The molecule has 8 nitrogen and oxygen atoms in total. The average Bonchev–Trinajstić information content (AvgIpc) is 2.71. The molecule has 1 saturated heterocycles. The Morgan fingerprint density at radius 2 is 1.49 bits per heavy atom. The van der Waals surface area contributed by atoms with E-state index in [9.17, 15) is 19.2 Å². The average molecular weight is 488 g/mol. The molecule has 35 heavy (non-hydrogen) atoms. The molecule has 0 aliphatic carbocycles. The van der Waals surface area contributed by atoms with Crippen LogP contribution in [0.1, 0.15) is 84.7 Å². The molecule has 1 atom stereocenters. The Morgan fingerprint density at radius 1 is 0.943 bits per heavy atom. The lowest BCUT2D eigenvalue weighted by atomic mass is 9.72. The SMILES string of the molecule is CC(C)(C)c1ccc(C(=O)NC(C)(C)[C@H](C[NH3+])C(=O)NC(C)(C)C(C)(C)C(=O)N2CCC2=O)cc1. The number of β-lactam (4-membered cyclic amide) rings is 1. The van der Waals surface area contributed by atoms with E-state index >= 15 is 0 Å². The second kappa shape index (κ2) is 9.72. The predicted molar refractivity (Wildman–Crippen MR) is 135 cm³/mol. The molecule has 1 aliphatic heterocycles. The highest BCUT2D eigenvalue weighted by atomic mass is 16.2. The maximum atomic E-state index is 13.4. The summed E-state index contributed by atoms with van der Waals surface area (Å²) < 4.78 is 0. The number of benzene rings is 1. The topological polar surface area (TPSA) is 123 Å². The molecule has 1 aromatic rings. The van der Waals surface area contributed by atoms with Crippen LogP contribution in [-0.4, -0.2) is 52.7 Å². The molecule has 0 bridgehead atoms. The highest BCUT2D eigenvalue weighted by Gasteiger charge is 2.50. The number of imide groups is 1. The van der Waals surface area contributed by atoms with E-state index in [-0.39, 0.29) is 35.6 Å². The van der Waals surface area contributed by atoms with Crippen LogP contribution in [0.5, 0.6) is 0 Å². The molecule has 2 rings (SSSR count). The monoisotopic (exact) mass is 487 g/mol. The number of hydrogen-bond acceptors (Lipinski definition) is 4. The fraction of sp³-hybridized carbons (Fsp3) is 0.630. The maximum absolute atomic E-state index is 13.4. The van der Waals surface area contributed by atoms with Gasteiger partial charge >= 0.3 is 0 Å². The third kappa shape index (κ3) is 5.92. The van der Waals surface area contributed by atoms with Crippen molar-refractivity contribution in [2.24, 2.45) is 11.3 Å². The Bertz CT molecular complexity index is 987. The van der Waals surface area contributed by atoms with Gasteiger partial charge < -0.3 is 16.4 Å². The number of carbonyl (C=O) groups excluding carboxylic acids is 4. The molecule has 0 saturated carbocycles. The van der Waals surface area contributed by atoms with E-state index < -0.39 is 22.4 Å². The first-order valence-corrected chi connectivity index (χ1v) is 12.2. The summed E-state index contributed by atoms with van der Waals surface area (Å²) in [5.74, 6) is -1.73. The largest absolute Gasteiger partial charge is 0.357 e. The molecule has 5 N–H and O–H groups in total. The van der Waals surface area contributed by atoms with Gasteiger partial charge in [-0.1, -0.05) is 32.9 Å². The van der Waals surface area contributed by atoms with E-state index in [4.69, 9.17) is 0 Å². The van der Waals surface area contributed by atoms with Crippen molar-refractivity contribution < 1.29 is 24.9 Å². The molecule has 8 heteroatoms. The minimum absolute atomic E-state index is 0.0176. The summed E-state index contributed by atoms with van der Waals surface area (Å²) in [6.45, 7) is 17.6. The van der Waals surface area contributed by atoms with Crippen LogP contribution in [0.4, 0.5) is 0 Å². The molecule has 0 radical (unpaired) electrons. The van der Waals surface area contributed by atoms with Crippen molar-refractivity contribution in [1.29, 1.82) is 0 Å². The van der Waals surface area contributed by atoms with E-state index in [0.29, 0.717) is 18.5 Å². The quantitative estimate of drug-likeness (QED) is 0.486. The number of quaternary nitrogens is 1. The van der Waals surface area contributed by atoms with Gasteiger partial charge in [-0.3, -0.25) is 24.1 Å². The van der Waals surface area contributed by atoms with E-state index in [1.165, 1.54) is 4.90 Å². The molecule has 1 heterocycles. The molecular formula is C27H43N4O4+. The Balaban J connectivity index is 2.15. The molecular weight excluding hydrogens is 444 g/mol. The van der Waals surface area contributed by atoms with E-state index in [1.54, 1.807) is 53.7 Å². The minimum atomic E-state index is -1.02. The van der Waals surface area contributed by atoms with E-state index in [2.05, 4.69) is 37.1 Å². The van der Waals surface area contributed by atoms with Gasteiger partial charge in [0, 0.05) is 24.1 Å². The fourth-order valence-electron chi connectivity index (χ4n) is 4.08. The van der Waals surface area contributed by atoms with E-state index in [1.807, 2.05) is 12.1 Å². The molecule has 0 spiro atoms. The second-order valence-corrected chi connectivity index (χ2v) is 12.2. The number of carbonyl (C=O) groups is 4. The Kier molecular flexibility index (Phi) is 7.92. The normalized spacial score (nSPS) is 15.8. The third-order valence-electron chi connectivity index (χ3n) is 7.55. The highest BCUT2D eigenvalue weighted by Crippen LogP contribution is 2.35. The lowest BCUT2D eigenvalue weighted by Gasteiger charge is -2.46. The first kappa shape index (κ1) is 28.5. The molecule has 1 aliphatic rings. The number of likely N-dealkylation sites (tertiary alicyclic amines) is 1. The Labute approximate surface area is 209 Å². The van der Waals surface area contributed by atoms with Gasteiger partial charge in [0.15, 0.2) is 0 Å². The van der Waals surface area contributed by atoms with Gasteiger partial charge in [0.1, 0.15) is 5.92 Å². The summed E-state index contributed by atoms with van der Waals surface area (Å²) in [5.41, 5.74) is 2.70. The van der Waals surface area contributed by atoms with Gasteiger partial charge in [-0.15, -0.1) is 0 Å². The van der Waals surface area contributed by atoms with Gasteiger partial charge in [0.05, 0.1) is 17.5 Å². The number of rotatable bonds is 8. The molecule has 1 fully saturated rings.